The lowest BCUT2D eigenvalue weighted by Crippen LogP contribution is -2.50. The topological polar surface area (TPSA) is 59.0 Å². The number of carbonyl (C=O) groups is 1. The van der Waals surface area contributed by atoms with Crippen LogP contribution in [0.25, 0.3) is 0 Å². The van der Waals surface area contributed by atoms with Crippen molar-refractivity contribution in [2.24, 2.45) is 5.92 Å². The Hall–Kier alpha value is -0.650. The van der Waals surface area contributed by atoms with Gasteiger partial charge in [-0.05, 0) is 13.0 Å². The second-order valence-corrected chi connectivity index (χ2v) is 4.69. The SMILES string of the molecule is CC(CN1CCCC2(C1)OCCO2)C(=O)O. The second-order valence-electron chi connectivity index (χ2n) is 4.69. The van der Waals surface area contributed by atoms with Crippen molar-refractivity contribution in [3.05, 3.63) is 0 Å². The molecular formula is C11H19NO4. The summed E-state index contributed by atoms with van der Waals surface area (Å²) in [5, 5.41) is 8.88. The van der Waals surface area contributed by atoms with Crippen molar-refractivity contribution in [3.8, 4) is 0 Å². The zero-order chi connectivity index (χ0) is 11.6. The van der Waals surface area contributed by atoms with Gasteiger partial charge in [-0.15, -0.1) is 0 Å². The van der Waals surface area contributed by atoms with Gasteiger partial charge in [0.05, 0.1) is 25.7 Å². The van der Waals surface area contributed by atoms with Crippen molar-refractivity contribution in [2.45, 2.75) is 25.6 Å². The number of ether oxygens (including phenoxy) is 2. The number of rotatable bonds is 3. The molecule has 2 fully saturated rings. The zero-order valence-electron chi connectivity index (χ0n) is 9.65. The lowest BCUT2D eigenvalue weighted by Gasteiger charge is -2.39. The van der Waals surface area contributed by atoms with Crippen LogP contribution in [0, 0.1) is 5.92 Å². The number of aliphatic carboxylic acids is 1. The van der Waals surface area contributed by atoms with Crippen LogP contribution in [-0.2, 0) is 14.3 Å². The fourth-order valence-corrected chi connectivity index (χ4v) is 2.42. The molecule has 1 atom stereocenters. The van der Waals surface area contributed by atoms with Crippen molar-refractivity contribution in [1.82, 2.24) is 4.90 Å². The maximum atomic E-state index is 10.8. The first-order valence-electron chi connectivity index (χ1n) is 5.84. The van der Waals surface area contributed by atoms with Crippen molar-refractivity contribution in [3.63, 3.8) is 0 Å². The molecule has 2 aliphatic rings. The largest absolute Gasteiger partial charge is 0.481 e. The van der Waals surface area contributed by atoms with Gasteiger partial charge in [-0.1, -0.05) is 6.92 Å². The minimum atomic E-state index is -0.743. The Morgan fingerprint density at radius 2 is 2.19 bits per heavy atom. The van der Waals surface area contributed by atoms with Crippen LogP contribution in [-0.4, -0.2) is 54.6 Å². The highest BCUT2D eigenvalue weighted by Crippen LogP contribution is 2.30. The van der Waals surface area contributed by atoms with E-state index in [9.17, 15) is 4.79 Å². The van der Waals surface area contributed by atoms with Gasteiger partial charge in [0.25, 0.3) is 0 Å². The van der Waals surface area contributed by atoms with E-state index in [4.69, 9.17) is 14.6 Å². The van der Waals surface area contributed by atoms with Gasteiger partial charge in [0, 0.05) is 13.0 Å². The average molecular weight is 229 g/mol. The second kappa shape index (κ2) is 4.69. The fourth-order valence-electron chi connectivity index (χ4n) is 2.42. The third-order valence-electron chi connectivity index (χ3n) is 3.26. The Morgan fingerprint density at radius 3 is 2.81 bits per heavy atom. The quantitative estimate of drug-likeness (QED) is 0.765. The molecule has 16 heavy (non-hydrogen) atoms. The summed E-state index contributed by atoms with van der Waals surface area (Å²) in [6.07, 6.45) is 1.93. The number of likely N-dealkylation sites (tertiary alicyclic amines) is 1. The number of carboxylic acid groups (broad SMARTS) is 1. The molecule has 0 aromatic rings. The van der Waals surface area contributed by atoms with E-state index in [-0.39, 0.29) is 5.92 Å². The number of nitrogens with zero attached hydrogens (tertiary/aromatic N) is 1. The summed E-state index contributed by atoms with van der Waals surface area (Å²) in [6.45, 7) is 5.26. The van der Waals surface area contributed by atoms with Gasteiger partial charge in [0.2, 0.25) is 0 Å². The first-order chi connectivity index (χ1) is 7.61. The van der Waals surface area contributed by atoms with Gasteiger partial charge in [0.15, 0.2) is 5.79 Å². The molecule has 5 heteroatoms. The molecule has 0 amide bonds. The Morgan fingerprint density at radius 1 is 1.50 bits per heavy atom. The maximum Gasteiger partial charge on any atom is 0.307 e. The average Bonchev–Trinajstić information content (AvgIpc) is 2.66. The summed E-state index contributed by atoms with van der Waals surface area (Å²) in [5.74, 6) is -1.53. The molecule has 92 valence electrons. The van der Waals surface area contributed by atoms with E-state index in [0.717, 1.165) is 19.4 Å². The first-order valence-corrected chi connectivity index (χ1v) is 5.84. The molecule has 5 nitrogen and oxygen atoms in total. The molecule has 0 aliphatic carbocycles. The summed E-state index contributed by atoms with van der Waals surface area (Å²) in [4.78, 5) is 12.9. The minimum Gasteiger partial charge on any atom is -0.481 e. The van der Waals surface area contributed by atoms with Crippen molar-refractivity contribution in [1.29, 1.82) is 0 Å². The van der Waals surface area contributed by atoms with Crippen LogP contribution in [0.1, 0.15) is 19.8 Å². The van der Waals surface area contributed by atoms with Crippen LogP contribution >= 0.6 is 0 Å². The zero-order valence-corrected chi connectivity index (χ0v) is 9.65. The van der Waals surface area contributed by atoms with Gasteiger partial charge >= 0.3 is 5.97 Å². The lowest BCUT2D eigenvalue weighted by molar-refractivity contribution is -0.191. The van der Waals surface area contributed by atoms with Crippen LogP contribution in [0.3, 0.4) is 0 Å². The Kier molecular flexibility index (Phi) is 3.47. The fraction of sp³-hybridized carbons (Fsp3) is 0.909. The predicted molar refractivity (Wildman–Crippen MR) is 57.1 cm³/mol. The van der Waals surface area contributed by atoms with Gasteiger partial charge in [-0.25, -0.2) is 0 Å². The van der Waals surface area contributed by atoms with Gasteiger partial charge in [-0.2, -0.15) is 0 Å². The summed E-state index contributed by atoms with van der Waals surface area (Å²) in [7, 11) is 0. The predicted octanol–water partition coefficient (Wildman–Crippen LogP) is 0.546. The highest BCUT2D eigenvalue weighted by molar-refractivity contribution is 5.69. The van der Waals surface area contributed by atoms with Crippen molar-refractivity contribution in [2.75, 3.05) is 32.8 Å². The third-order valence-corrected chi connectivity index (χ3v) is 3.26. The molecule has 2 rings (SSSR count). The van der Waals surface area contributed by atoms with Gasteiger partial charge < -0.3 is 14.6 Å². The normalized spacial score (nSPS) is 27.1. The monoisotopic (exact) mass is 229 g/mol. The molecular weight excluding hydrogens is 210 g/mol. The number of hydrogen-bond donors (Lipinski definition) is 1. The van der Waals surface area contributed by atoms with E-state index >= 15 is 0 Å². The molecule has 0 bridgehead atoms. The van der Waals surface area contributed by atoms with E-state index in [1.807, 2.05) is 0 Å². The molecule has 1 N–H and O–H groups in total. The van der Waals surface area contributed by atoms with E-state index in [2.05, 4.69) is 4.90 Å². The van der Waals surface area contributed by atoms with Gasteiger partial charge in [-0.3, -0.25) is 9.69 Å². The van der Waals surface area contributed by atoms with Crippen LogP contribution < -0.4 is 0 Å². The van der Waals surface area contributed by atoms with Crippen molar-refractivity contribution >= 4 is 5.97 Å². The molecule has 0 saturated carbocycles. The van der Waals surface area contributed by atoms with Crippen molar-refractivity contribution < 1.29 is 19.4 Å². The molecule has 0 aromatic carbocycles. The summed E-state index contributed by atoms with van der Waals surface area (Å²) < 4.78 is 11.3. The summed E-state index contributed by atoms with van der Waals surface area (Å²) >= 11 is 0. The van der Waals surface area contributed by atoms with Crippen LogP contribution in [0.4, 0.5) is 0 Å². The molecule has 2 saturated heterocycles. The molecule has 2 heterocycles. The number of piperidine rings is 1. The molecule has 2 aliphatic heterocycles. The highest BCUT2D eigenvalue weighted by atomic mass is 16.7. The standard InChI is InChI=1S/C11H19NO4/c1-9(10(13)14)7-12-4-2-3-11(8-12)15-5-6-16-11/h9H,2-8H2,1H3,(H,13,14). The Labute approximate surface area is 95.3 Å². The van der Waals surface area contributed by atoms with E-state index in [0.29, 0.717) is 26.3 Å². The molecule has 0 radical (unpaired) electrons. The van der Waals surface area contributed by atoms with E-state index in [1.165, 1.54) is 0 Å². The van der Waals surface area contributed by atoms with Gasteiger partial charge in [0.1, 0.15) is 0 Å². The Balaban J connectivity index is 1.89. The van der Waals surface area contributed by atoms with Crippen LogP contribution in [0.2, 0.25) is 0 Å². The minimum absolute atomic E-state index is 0.337. The third kappa shape index (κ3) is 2.53. The Bertz CT molecular complexity index is 263. The first kappa shape index (κ1) is 11.8. The summed E-state index contributed by atoms with van der Waals surface area (Å²) in [6, 6.07) is 0. The molecule has 0 aromatic heterocycles. The lowest BCUT2D eigenvalue weighted by atomic mass is 10.0. The summed E-state index contributed by atoms with van der Waals surface area (Å²) in [5.41, 5.74) is 0. The van der Waals surface area contributed by atoms with E-state index < -0.39 is 11.8 Å². The number of carboxylic acids is 1. The molecule has 1 spiro atoms. The number of hydrogen-bond acceptors (Lipinski definition) is 4. The maximum absolute atomic E-state index is 10.8. The van der Waals surface area contributed by atoms with E-state index in [1.54, 1.807) is 6.92 Å². The van der Waals surface area contributed by atoms with Crippen LogP contribution in [0.5, 0.6) is 0 Å². The smallest absolute Gasteiger partial charge is 0.307 e. The highest BCUT2D eigenvalue weighted by Gasteiger charge is 2.41. The molecule has 1 unspecified atom stereocenters. The van der Waals surface area contributed by atoms with Crippen LogP contribution in [0.15, 0.2) is 0 Å².